The zero-order chi connectivity index (χ0) is 19.3. The fourth-order valence-corrected chi connectivity index (χ4v) is 5.32. The molecule has 0 radical (unpaired) electrons. The minimum absolute atomic E-state index is 0.0617. The molecule has 4 rings (SSSR count). The van der Waals surface area contributed by atoms with E-state index in [0.29, 0.717) is 24.8 Å². The van der Waals surface area contributed by atoms with Gasteiger partial charge in [0.2, 0.25) is 0 Å². The Morgan fingerprint density at radius 3 is 1.42 bits per heavy atom. The normalized spacial score (nSPS) is 20.4. The van der Waals surface area contributed by atoms with E-state index in [1.807, 2.05) is 12.1 Å². The van der Waals surface area contributed by atoms with Crippen molar-refractivity contribution in [2.75, 3.05) is 0 Å². The minimum atomic E-state index is -0.116. The summed E-state index contributed by atoms with van der Waals surface area (Å²) in [7, 11) is 0. The van der Waals surface area contributed by atoms with Crippen LogP contribution in [0.3, 0.4) is 0 Å². The van der Waals surface area contributed by atoms with Crippen molar-refractivity contribution in [2.24, 2.45) is 0 Å². The molecule has 1 spiro atoms. The molecule has 2 aromatic carbocycles. The van der Waals surface area contributed by atoms with E-state index in [2.05, 4.69) is 77.1 Å². The first-order chi connectivity index (χ1) is 12.1. The number of fused-ring (bicyclic) bond motifs is 4. The standard InChI is InChI=1S/C21H24O2.I3/c1-19(2)11-21(17-9-13(22)5-7-15(17)19)12-20(3,4)16-8-6-14(23)10-18(16)21;1-3-2/h5-10,22-23H,11-12H2,1-4H3;/q;-1. The van der Waals surface area contributed by atoms with Gasteiger partial charge in [0.05, 0.1) is 0 Å². The summed E-state index contributed by atoms with van der Waals surface area (Å²) in [6.45, 7) is 9.13. The van der Waals surface area contributed by atoms with Crippen molar-refractivity contribution in [2.45, 2.75) is 56.8 Å². The van der Waals surface area contributed by atoms with E-state index in [9.17, 15) is 10.2 Å². The van der Waals surface area contributed by atoms with Crippen LogP contribution in [-0.4, -0.2) is 10.2 Å². The second-order valence-electron chi connectivity index (χ2n) is 8.72. The Labute approximate surface area is 185 Å². The second kappa shape index (κ2) is 7.24. The maximum absolute atomic E-state index is 10.1. The Hall–Kier alpha value is 0.230. The molecule has 0 saturated carbocycles. The molecule has 2 nitrogen and oxygen atoms in total. The van der Waals surface area contributed by atoms with E-state index in [4.69, 9.17) is 0 Å². The van der Waals surface area contributed by atoms with E-state index in [-0.39, 0.29) is 16.2 Å². The predicted molar refractivity (Wildman–Crippen MR) is 120 cm³/mol. The third-order valence-electron chi connectivity index (χ3n) is 5.98. The first kappa shape index (κ1) is 21.0. The first-order valence-corrected chi connectivity index (χ1v) is 21.2. The molecule has 0 atom stereocenters. The zero-order valence-electron chi connectivity index (χ0n) is 15.4. The van der Waals surface area contributed by atoms with E-state index >= 15 is 0 Å². The number of benzene rings is 2. The van der Waals surface area contributed by atoms with Gasteiger partial charge in [-0.15, -0.1) is 0 Å². The number of rotatable bonds is 0. The van der Waals surface area contributed by atoms with Gasteiger partial charge in [-0.1, -0.05) is 39.8 Å². The molecule has 0 amide bonds. The summed E-state index contributed by atoms with van der Waals surface area (Å²) in [4.78, 5) is 0. The number of aromatic hydroxyl groups is 2. The topological polar surface area (TPSA) is 40.5 Å². The Bertz CT molecular complexity index is 774. The molecule has 2 aliphatic carbocycles. The van der Waals surface area contributed by atoms with Crippen LogP contribution in [0.25, 0.3) is 0 Å². The van der Waals surface area contributed by atoms with Crippen LogP contribution in [0.1, 0.15) is 62.8 Å². The van der Waals surface area contributed by atoms with Gasteiger partial charge in [0.1, 0.15) is 11.5 Å². The molecule has 2 N–H and O–H groups in total. The molecule has 0 aliphatic heterocycles. The average molecular weight is 689 g/mol. The number of phenolic OH excluding ortho intramolecular Hbond substituents is 2. The number of halogens is 3. The van der Waals surface area contributed by atoms with Gasteiger partial charge in [0.15, 0.2) is 0 Å². The molecule has 0 bridgehead atoms. The molecule has 0 fully saturated rings. The van der Waals surface area contributed by atoms with E-state index in [1.165, 1.54) is 22.3 Å². The van der Waals surface area contributed by atoms with E-state index in [0.717, 1.165) is 12.8 Å². The summed E-state index contributed by atoms with van der Waals surface area (Å²) in [5.41, 5.74) is 5.12. The number of hydrogen-bond donors (Lipinski definition) is 2. The summed E-state index contributed by atoms with van der Waals surface area (Å²) in [5, 5.41) is 20.2. The van der Waals surface area contributed by atoms with Crippen molar-refractivity contribution < 1.29 is 23.5 Å². The monoisotopic (exact) mass is 689 g/mol. The van der Waals surface area contributed by atoms with Crippen molar-refractivity contribution in [3.63, 3.8) is 0 Å². The van der Waals surface area contributed by atoms with Gasteiger partial charge in [-0.2, -0.15) is 0 Å². The van der Waals surface area contributed by atoms with Crippen molar-refractivity contribution >= 4 is 37.2 Å². The van der Waals surface area contributed by atoms with Crippen molar-refractivity contribution in [1.82, 2.24) is 0 Å². The molecule has 26 heavy (non-hydrogen) atoms. The van der Waals surface area contributed by atoms with Crippen LogP contribution in [0.2, 0.25) is 0 Å². The molecular formula is C21H24I3O2-. The van der Waals surface area contributed by atoms with Crippen LogP contribution in [-0.2, 0) is 16.2 Å². The summed E-state index contributed by atoms with van der Waals surface area (Å²) < 4.78 is 0. The SMILES string of the molecule is CC1(C)CC2(CC(C)(C)c3ccc(O)cc32)c2cc(O)ccc21.I[I-]I. The number of hydrogen-bond acceptors (Lipinski definition) is 2. The van der Waals surface area contributed by atoms with Gasteiger partial charge in [0.25, 0.3) is 0 Å². The zero-order valence-corrected chi connectivity index (χ0v) is 21.9. The molecule has 0 saturated heterocycles. The van der Waals surface area contributed by atoms with Crippen LogP contribution < -0.4 is 13.3 Å². The van der Waals surface area contributed by atoms with Crippen LogP contribution >= 0.6 is 37.2 Å². The molecule has 5 heteroatoms. The molecule has 0 unspecified atom stereocenters. The fraction of sp³-hybridized carbons (Fsp3) is 0.429. The van der Waals surface area contributed by atoms with Gasteiger partial charge in [-0.3, -0.25) is 0 Å². The fourth-order valence-electron chi connectivity index (χ4n) is 5.32. The maximum atomic E-state index is 10.1. The van der Waals surface area contributed by atoms with Crippen LogP contribution in [0.5, 0.6) is 11.5 Å². The predicted octanol–water partition coefficient (Wildman–Crippen LogP) is 3.52. The Balaban J connectivity index is 0.000000613. The Morgan fingerprint density at radius 1 is 0.731 bits per heavy atom. The van der Waals surface area contributed by atoms with E-state index < -0.39 is 0 Å². The molecule has 0 heterocycles. The Morgan fingerprint density at radius 2 is 1.08 bits per heavy atom. The molecule has 2 aliphatic rings. The van der Waals surface area contributed by atoms with Gasteiger partial charge < -0.3 is 10.2 Å². The summed E-state index contributed by atoms with van der Waals surface area (Å²) in [5.74, 6) is 0.652. The van der Waals surface area contributed by atoms with Crippen LogP contribution in [0, 0.1) is 0 Å². The quantitative estimate of drug-likeness (QED) is 0.417. The summed E-state index contributed by atoms with van der Waals surface area (Å²) in [6, 6.07) is 11.6. The molecule has 142 valence electrons. The van der Waals surface area contributed by atoms with Gasteiger partial charge in [0, 0.05) is 5.41 Å². The Kier molecular flexibility index (Phi) is 5.83. The van der Waals surface area contributed by atoms with Crippen molar-refractivity contribution in [1.29, 1.82) is 0 Å². The van der Waals surface area contributed by atoms with Crippen LogP contribution in [0.15, 0.2) is 36.4 Å². The summed E-state index contributed by atoms with van der Waals surface area (Å²) >= 11 is 5.30. The third kappa shape index (κ3) is 3.38. The molecular weight excluding hydrogens is 665 g/mol. The van der Waals surface area contributed by atoms with Crippen molar-refractivity contribution in [3.8, 4) is 11.5 Å². The van der Waals surface area contributed by atoms with Gasteiger partial charge >= 0.3 is 50.5 Å². The second-order valence-corrected chi connectivity index (χ2v) is 25.0. The molecule has 2 aromatic rings. The van der Waals surface area contributed by atoms with E-state index in [1.54, 1.807) is 12.1 Å². The van der Waals surface area contributed by atoms with Gasteiger partial charge in [-0.25, -0.2) is 0 Å². The first-order valence-electron chi connectivity index (χ1n) is 8.62. The third-order valence-corrected chi connectivity index (χ3v) is 5.98. The summed E-state index contributed by atoms with van der Waals surface area (Å²) in [6.07, 6.45) is 2.03. The van der Waals surface area contributed by atoms with Gasteiger partial charge in [-0.05, 0) is 70.2 Å². The van der Waals surface area contributed by atoms with Crippen molar-refractivity contribution in [3.05, 3.63) is 58.7 Å². The van der Waals surface area contributed by atoms with Crippen LogP contribution in [0.4, 0.5) is 0 Å². The molecule has 0 aromatic heterocycles. The number of phenols is 2. The average Bonchev–Trinajstić information content (AvgIpc) is 2.87.